The molecule has 2 aromatic carbocycles. The van der Waals surface area contributed by atoms with E-state index in [1.165, 1.54) is 20.3 Å². The third kappa shape index (κ3) is 4.92. The van der Waals surface area contributed by atoms with Crippen LogP contribution in [0.3, 0.4) is 0 Å². The summed E-state index contributed by atoms with van der Waals surface area (Å²) < 4.78 is 1.30. The molecule has 0 amide bonds. The summed E-state index contributed by atoms with van der Waals surface area (Å²) in [6, 6.07) is 17.7. The van der Waals surface area contributed by atoms with E-state index in [9.17, 15) is 0 Å². The highest BCUT2D eigenvalue weighted by molar-refractivity contribution is 14.1. The third-order valence-corrected chi connectivity index (χ3v) is 4.90. The van der Waals surface area contributed by atoms with Crippen LogP contribution in [0, 0.1) is 16.4 Å². The summed E-state index contributed by atoms with van der Waals surface area (Å²) in [4.78, 5) is 0. The molecule has 2 heteroatoms. The molecule has 0 aliphatic heterocycles. The lowest BCUT2D eigenvalue weighted by Gasteiger charge is -2.14. The molecule has 0 heterocycles. The first-order valence-corrected chi connectivity index (χ1v) is 8.73. The van der Waals surface area contributed by atoms with E-state index in [-0.39, 0.29) is 0 Å². The lowest BCUT2D eigenvalue weighted by Crippen LogP contribution is -2.10. The second-order valence-corrected chi connectivity index (χ2v) is 6.94. The van der Waals surface area contributed by atoms with Crippen LogP contribution in [0.4, 0.5) is 0 Å². The molecule has 0 aliphatic carbocycles. The average molecular weight is 429 g/mol. The molecule has 0 saturated heterocycles. The molecule has 0 radical (unpaired) electrons. The fourth-order valence-corrected chi connectivity index (χ4v) is 3.12. The van der Waals surface area contributed by atoms with Gasteiger partial charge in [-0.05, 0) is 71.5 Å². The highest BCUT2D eigenvalue weighted by Gasteiger charge is 2.09. The van der Waals surface area contributed by atoms with E-state index in [0.717, 1.165) is 18.2 Å². The first-order chi connectivity index (χ1) is 9.17. The topological polar surface area (TPSA) is 0 Å². The minimum Gasteiger partial charge on any atom is -0.0925 e. The Bertz CT molecular complexity index is 519. The van der Waals surface area contributed by atoms with Gasteiger partial charge in [0.25, 0.3) is 0 Å². The number of halogens is 2. The van der Waals surface area contributed by atoms with Crippen molar-refractivity contribution in [2.24, 2.45) is 5.92 Å². The zero-order valence-corrected chi connectivity index (χ0v) is 14.8. The van der Waals surface area contributed by atoms with Gasteiger partial charge in [-0.15, -0.1) is 0 Å². The number of hydrogen-bond donors (Lipinski definition) is 0. The first-order valence-electron chi connectivity index (χ1n) is 6.53. The van der Waals surface area contributed by atoms with Crippen molar-refractivity contribution in [3.8, 4) is 0 Å². The molecule has 1 unspecified atom stereocenters. The fourth-order valence-electron chi connectivity index (χ4n) is 2.31. The standard InChI is InChI=1S/C17H18BrI/c1-13-3-2-4-15(9-13)11-16(12-18)10-14-5-7-17(19)8-6-14/h2-9,16H,10-12H2,1H3. The van der Waals surface area contributed by atoms with Gasteiger partial charge in [0.1, 0.15) is 0 Å². The Morgan fingerprint density at radius 2 is 1.68 bits per heavy atom. The Labute approximate surface area is 137 Å². The van der Waals surface area contributed by atoms with Gasteiger partial charge in [0.2, 0.25) is 0 Å². The molecule has 1 atom stereocenters. The van der Waals surface area contributed by atoms with Crippen molar-refractivity contribution in [2.45, 2.75) is 19.8 Å². The fraction of sp³-hybridized carbons (Fsp3) is 0.294. The number of aryl methyl sites for hydroxylation is 1. The highest BCUT2D eigenvalue weighted by atomic mass is 127. The summed E-state index contributed by atoms with van der Waals surface area (Å²) in [5, 5.41) is 1.05. The summed E-state index contributed by atoms with van der Waals surface area (Å²) in [7, 11) is 0. The maximum Gasteiger partial charge on any atom is 0.0130 e. The smallest absolute Gasteiger partial charge is 0.0130 e. The number of benzene rings is 2. The maximum atomic E-state index is 3.66. The van der Waals surface area contributed by atoms with E-state index in [2.05, 4.69) is 94.0 Å². The average Bonchev–Trinajstić information content (AvgIpc) is 2.40. The summed E-state index contributed by atoms with van der Waals surface area (Å²) in [5.41, 5.74) is 4.22. The van der Waals surface area contributed by atoms with Crippen LogP contribution in [-0.4, -0.2) is 5.33 Å². The molecule has 19 heavy (non-hydrogen) atoms. The number of hydrogen-bond acceptors (Lipinski definition) is 0. The van der Waals surface area contributed by atoms with E-state index in [1.54, 1.807) is 0 Å². The number of rotatable bonds is 5. The van der Waals surface area contributed by atoms with Gasteiger partial charge >= 0.3 is 0 Å². The van der Waals surface area contributed by atoms with Gasteiger partial charge in [-0.2, -0.15) is 0 Å². The normalized spacial score (nSPS) is 12.4. The van der Waals surface area contributed by atoms with Gasteiger partial charge in [-0.1, -0.05) is 57.9 Å². The van der Waals surface area contributed by atoms with Crippen molar-refractivity contribution in [3.05, 3.63) is 68.8 Å². The molecule has 0 aliphatic rings. The van der Waals surface area contributed by atoms with Gasteiger partial charge in [-0.25, -0.2) is 0 Å². The third-order valence-electron chi connectivity index (χ3n) is 3.26. The van der Waals surface area contributed by atoms with Gasteiger partial charge in [0.05, 0.1) is 0 Å². The minimum atomic E-state index is 0.655. The van der Waals surface area contributed by atoms with Gasteiger partial charge in [0, 0.05) is 8.90 Å². The van der Waals surface area contributed by atoms with Crippen molar-refractivity contribution >= 4 is 38.5 Å². The van der Waals surface area contributed by atoms with Crippen molar-refractivity contribution in [3.63, 3.8) is 0 Å². The summed E-state index contributed by atoms with van der Waals surface area (Å²) >= 11 is 6.01. The first kappa shape index (κ1) is 15.0. The zero-order valence-electron chi connectivity index (χ0n) is 11.1. The van der Waals surface area contributed by atoms with Gasteiger partial charge < -0.3 is 0 Å². The van der Waals surface area contributed by atoms with E-state index in [0.29, 0.717) is 5.92 Å². The largest absolute Gasteiger partial charge is 0.0925 e. The van der Waals surface area contributed by atoms with Crippen LogP contribution in [0.15, 0.2) is 48.5 Å². The van der Waals surface area contributed by atoms with Crippen LogP contribution >= 0.6 is 38.5 Å². The second-order valence-electron chi connectivity index (χ2n) is 5.04. The predicted molar refractivity (Wildman–Crippen MR) is 95.0 cm³/mol. The molecule has 0 saturated carbocycles. The molecule has 0 fully saturated rings. The quantitative estimate of drug-likeness (QED) is 0.442. The monoisotopic (exact) mass is 428 g/mol. The molecule has 100 valence electrons. The van der Waals surface area contributed by atoms with Gasteiger partial charge in [-0.3, -0.25) is 0 Å². The Kier molecular flexibility index (Phi) is 5.89. The van der Waals surface area contributed by atoms with E-state index >= 15 is 0 Å². The molecule has 2 rings (SSSR count). The van der Waals surface area contributed by atoms with Crippen LogP contribution in [0.2, 0.25) is 0 Å². The Hall–Kier alpha value is -0.350. The van der Waals surface area contributed by atoms with Crippen molar-refractivity contribution in [1.29, 1.82) is 0 Å². The van der Waals surface area contributed by atoms with Crippen molar-refractivity contribution < 1.29 is 0 Å². The van der Waals surface area contributed by atoms with Crippen LogP contribution in [0.1, 0.15) is 16.7 Å². The molecule has 0 aromatic heterocycles. The summed E-state index contributed by atoms with van der Waals surface area (Å²) in [6.07, 6.45) is 2.27. The van der Waals surface area contributed by atoms with Crippen LogP contribution in [-0.2, 0) is 12.8 Å². The molecule has 2 aromatic rings. The van der Waals surface area contributed by atoms with Crippen molar-refractivity contribution in [1.82, 2.24) is 0 Å². The summed E-state index contributed by atoms with van der Waals surface area (Å²) in [6.45, 7) is 2.16. The molecule has 0 N–H and O–H groups in total. The maximum absolute atomic E-state index is 3.66. The second kappa shape index (κ2) is 7.44. The van der Waals surface area contributed by atoms with Crippen LogP contribution in [0.5, 0.6) is 0 Å². The molecular formula is C17H18BrI. The molecule has 0 bridgehead atoms. The Morgan fingerprint density at radius 1 is 1.00 bits per heavy atom. The van der Waals surface area contributed by atoms with Crippen molar-refractivity contribution in [2.75, 3.05) is 5.33 Å². The lowest BCUT2D eigenvalue weighted by molar-refractivity contribution is 0.591. The van der Waals surface area contributed by atoms with Gasteiger partial charge in [0.15, 0.2) is 0 Å². The molecular weight excluding hydrogens is 411 g/mol. The minimum absolute atomic E-state index is 0.655. The zero-order chi connectivity index (χ0) is 13.7. The van der Waals surface area contributed by atoms with E-state index in [1.807, 2.05) is 0 Å². The van der Waals surface area contributed by atoms with Crippen LogP contribution in [0.25, 0.3) is 0 Å². The lowest BCUT2D eigenvalue weighted by atomic mass is 9.94. The molecule has 0 nitrogen and oxygen atoms in total. The predicted octanol–water partition coefficient (Wildman–Crippen LogP) is 5.40. The molecule has 0 spiro atoms. The van der Waals surface area contributed by atoms with E-state index in [4.69, 9.17) is 0 Å². The highest BCUT2D eigenvalue weighted by Crippen LogP contribution is 2.18. The Balaban J connectivity index is 2.02. The van der Waals surface area contributed by atoms with Crippen LogP contribution < -0.4 is 0 Å². The SMILES string of the molecule is Cc1cccc(CC(CBr)Cc2ccc(I)cc2)c1. The summed E-state index contributed by atoms with van der Waals surface area (Å²) in [5.74, 6) is 0.655. The van der Waals surface area contributed by atoms with E-state index < -0.39 is 0 Å². The number of alkyl halides is 1. The Morgan fingerprint density at radius 3 is 2.32 bits per heavy atom.